The zero-order valence-corrected chi connectivity index (χ0v) is 14.0. The Morgan fingerprint density at radius 1 is 1.17 bits per heavy atom. The lowest BCUT2D eigenvalue weighted by molar-refractivity contribution is -0.139. The van der Waals surface area contributed by atoms with E-state index >= 15 is 0 Å². The Hall–Kier alpha value is -2.31. The molecular formula is C16H25N3O4. The summed E-state index contributed by atoms with van der Waals surface area (Å²) in [4.78, 5) is 38.6. The van der Waals surface area contributed by atoms with E-state index in [1.165, 1.54) is 11.2 Å². The topological polar surface area (TPSA) is 82.9 Å². The summed E-state index contributed by atoms with van der Waals surface area (Å²) in [6.45, 7) is 5.55. The van der Waals surface area contributed by atoms with Crippen molar-refractivity contribution in [2.45, 2.75) is 26.7 Å². The monoisotopic (exact) mass is 323 g/mol. The zero-order valence-electron chi connectivity index (χ0n) is 14.0. The van der Waals surface area contributed by atoms with Crippen LogP contribution in [0.15, 0.2) is 22.8 Å². The maximum atomic E-state index is 12.0. The molecule has 0 saturated heterocycles. The van der Waals surface area contributed by atoms with Gasteiger partial charge in [0.2, 0.25) is 11.8 Å². The molecule has 0 radical (unpaired) electrons. The first kappa shape index (κ1) is 18.7. The van der Waals surface area contributed by atoms with Crippen LogP contribution in [-0.2, 0) is 9.59 Å². The van der Waals surface area contributed by atoms with E-state index in [-0.39, 0.29) is 36.4 Å². The largest absolute Gasteiger partial charge is 0.459 e. The minimum Gasteiger partial charge on any atom is -0.459 e. The highest BCUT2D eigenvalue weighted by Gasteiger charge is 2.16. The zero-order chi connectivity index (χ0) is 17.2. The third kappa shape index (κ3) is 6.14. The molecule has 0 fully saturated rings. The van der Waals surface area contributed by atoms with E-state index in [1.54, 1.807) is 24.1 Å². The van der Waals surface area contributed by atoms with Gasteiger partial charge in [-0.15, -0.1) is 0 Å². The molecule has 0 atom stereocenters. The Labute approximate surface area is 136 Å². The quantitative estimate of drug-likeness (QED) is 0.690. The van der Waals surface area contributed by atoms with Crippen molar-refractivity contribution in [2.75, 3.05) is 33.2 Å². The second-order valence-corrected chi connectivity index (χ2v) is 5.15. The van der Waals surface area contributed by atoms with Crippen molar-refractivity contribution in [2.24, 2.45) is 0 Å². The number of carbonyl (C=O) groups excluding carboxylic acids is 3. The van der Waals surface area contributed by atoms with Crippen LogP contribution < -0.4 is 5.32 Å². The van der Waals surface area contributed by atoms with Crippen LogP contribution in [0.25, 0.3) is 0 Å². The van der Waals surface area contributed by atoms with E-state index in [0.717, 1.165) is 0 Å². The maximum Gasteiger partial charge on any atom is 0.286 e. The van der Waals surface area contributed by atoms with Crippen molar-refractivity contribution in [3.05, 3.63) is 24.2 Å². The first-order chi connectivity index (χ1) is 11.0. The van der Waals surface area contributed by atoms with Crippen LogP contribution in [-0.4, -0.2) is 60.7 Å². The third-order valence-corrected chi connectivity index (χ3v) is 3.51. The van der Waals surface area contributed by atoms with Gasteiger partial charge in [-0.05, 0) is 32.4 Å². The number of furan rings is 1. The summed E-state index contributed by atoms with van der Waals surface area (Å²) in [6, 6.07) is 3.22. The fraction of sp³-hybridized carbons (Fsp3) is 0.562. The van der Waals surface area contributed by atoms with Gasteiger partial charge in [0.05, 0.1) is 12.8 Å². The number of nitrogens with one attached hydrogen (secondary N) is 1. The SMILES string of the molecule is CCN(CC)C(=O)CN(C)C(=O)CCCNC(=O)c1ccco1. The average molecular weight is 323 g/mol. The summed E-state index contributed by atoms with van der Waals surface area (Å²) in [6.07, 6.45) is 2.22. The first-order valence-corrected chi connectivity index (χ1v) is 7.83. The Balaban J connectivity index is 2.25. The highest BCUT2D eigenvalue weighted by atomic mass is 16.3. The van der Waals surface area contributed by atoms with Crippen molar-refractivity contribution in [3.63, 3.8) is 0 Å². The van der Waals surface area contributed by atoms with Gasteiger partial charge in [-0.1, -0.05) is 0 Å². The molecule has 1 aromatic rings. The lowest BCUT2D eigenvalue weighted by Gasteiger charge is -2.23. The third-order valence-electron chi connectivity index (χ3n) is 3.51. The Morgan fingerprint density at radius 2 is 1.87 bits per heavy atom. The lowest BCUT2D eigenvalue weighted by atomic mass is 10.2. The van der Waals surface area contributed by atoms with Gasteiger partial charge < -0.3 is 19.5 Å². The Morgan fingerprint density at radius 3 is 2.43 bits per heavy atom. The number of hydrogen-bond donors (Lipinski definition) is 1. The van der Waals surface area contributed by atoms with Crippen LogP contribution >= 0.6 is 0 Å². The van der Waals surface area contributed by atoms with Gasteiger partial charge in [-0.3, -0.25) is 14.4 Å². The highest BCUT2D eigenvalue weighted by molar-refractivity contribution is 5.91. The molecule has 0 spiro atoms. The minimum absolute atomic E-state index is 0.0584. The molecule has 7 nitrogen and oxygen atoms in total. The van der Waals surface area contributed by atoms with Gasteiger partial charge >= 0.3 is 0 Å². The van der Waals surface area contributed by atoms with E-state index in [0.29, 0.717) is 26.1 Å². The number of amides is 3. The van der Waals surface area contributed by atoms with Crippen molar-refractivity contribution >= 4 is 17.7 Å². The van der Waals surface area contributed by atoms with Gasteiger partial charge in [0.15, 0.2) is 5.76 Å². The molecule has 1 heterocycles. The predicted molar refractivity (Wildman–Crippen MR) is 85.8 cm³/mol. The molecule has 1 rings (SSSR count). The van der Waals surface area contributed by atoms with Crippen LogP contribution in [0.5, 0.6) is 0 Å². The predicted octanol–water partition coefficient (Wildman–Crippen LogP) is 1.12. The van der Waals surface area contributed by atoms with Gasteiger partial charge in [0, 0.05) is 33.1 Å². The fourth-order valence-corrected chi connectivity index (χ4v) is 2.09. The van der Waals surface area contributed by atoms with Crippen molar-refractivity contribution < 1.29 is 18.8 Å². The van der Waals surface area contributed by atoms with E-state index in [2.05, 4.69) is 5.32 Å². The fourth-order valence-electron chi connectivity index (χ4n) is 2.09. The van der Waals surface area contributed by atoms with Gasteiger partial charge in [0.1, 0.15) is 0 Å². The average Bonchev–Trinajstić information content (AvgIpc) is 3.06. The van der Waals surface area contributed by atoms with E-state index in [1.807, 2.05) is 13.8 Å². The molecule has 1 N–H and O–H groups in total. The van der Waals surface area contributed by atoms with Gasteiger partial charge in [-0.2, -0.15) is 0 Å². The van der Waals surface area contributed by atoms with Gasteiger partial charge in [0.25, 0.3) is 5.91 Å². The lowest BCUT2D eigenvalue weighted by Crippen LogP contribution is -2.41. The molecule has 0 aliphatic heterocycles. The minimum atomic E-state index is -0.299. The summed E-state index contributed by atoms with van der Waals surface area (Å²) in [5, 5.41) is 2.68. The van der Waals surface area contributed by atoms with Crippen LogP contribution in [0.2, 0.25) is 0 Å². The second kappa shape index (κ2) is 9.66. The van der Waals surface area contributed by atoms with Crippen molar-refractivity contribution in [1.82, 2.24) is 15.1 Å². The molecule has 0 saturated carbocycles. The summed E-state index contributed by atoms with van der Waals surface area (Å²) >= 11 is 0. The van der Waals surface area contributed by atoms with Crippen molar-refractivity contribution in [1.29, 1.82) is 0 Å². The molecule has 0 aliphatic rings. The normalized spacial score (nSPS) is 10.2. The molecule has 1 aromatic heterocycles. The summed E-state index contributed by atoms with van der Waals surface area (Å²) in [5.74, 6) is -0.222. The number of rotatable bonds is 9. The molecule has 0 bridgehead atoms. The highest BCUT2D eigenvalue weighted by Crippen LogP contribution is 2.01. The van der Waals surface area contributed by atoms with E-state index in [9.17, 15) is 14.4 Å². The van der Waals surface area contributed by atoms with E-state index < -0.39 is 0 Å². The molecule has 3 amide bonds. The molecule has 0 unspecified atom stereocenters. The van der Waals surface area contributed by atoms with Crippen LogP contribution in [0.4, 0.5) is 0 Å². The molecule has 128 valence electrons. The Kier molecular flexibility index (Phi) is 7.87. The second-order valence-electron chi connectivity index (χ2n) is 5.15. The molecule has 23 heavy (non-hydrogen) atoms. The number of carbonyl (C=O) groups is 3. The summed E-state index contributed by atoms with van der Waals surface area (Å²) < 4.78 is 4.97. The maximum absolute atomic E-state index is 12.0. The molecule has 0 aliphatic carbocycles. The molecule has 0 aromatic carbocycles. The van der Waals surface area contributed by atoms with Crippen LogP contribution in [0.1, 0.15) is 37.2 Å². The van der Waals surface area contributed by atoms with Crippen LogP contribution in [0, 0.1) is 0 Å². The van der Waals surface area contributed by atoms with Crippen molar-refractivity contribution in [3.8, 4) is 0 Å². The number of hydrogen-bond acceptors (Lipinski definition) is 4. The summed E-state index contributed by atoms with van der Waals surface area (Å²) in [7, 11) is 1.62. The number of likely N-dealkylation sites (N-methyl/N-ethyl adjacent to an activating group) is 2. The van der Waals surface area contributed by atoms with Gasteiger partial charge in [-0.25, -0.2) is 0 Å². The standard InChI is InChI=1S/C16H25N3O4/c1-4-19(5-2)15(21)12-18(3)14(20)9-6-10-17-16(22)13-8-7-11-23-13/h7-8,11H,4-6,9-10,12H2,1-3H3,(H,17,22). The molecular weight excluding hydrogens is 298 g/mol. The molecule has 7 heteroatoms. The summed E-state index contributed by atoms with van der Waals surface area (Å²) in [5.41, 5.74) is 0. The first-order valence-electron chi connectivity index (χ1n) is 7.83. The van der Waals surface area contributed by atoms with Crippen LogP contribution in [0.3, 0.4) is 0 Å². The Bertz CT molecular complexity index is 509. The van der Waals surface area contributed by atoms with E-state index in [4.69, 9.17) is 4.42 Å². The smallest absolute Gasteiger partial charge is 0.286 e. The number of nitrogens with zero attached hydrogens (tertiary/aromatic N) is 2.